The van der Waals surface area contributed by atoms with Crippen LogP contribution < -0.4 is 0 Å². The number of aromatic hydroxyl groups is 1. The standard InChI is InChI=1S/C33H39N3O/c1-6-7-8-9-10-11-12-26-15-18-29(30(37)21-26)33-35-31(27-16-13-22(2)19-24(27)4)34-32(36-33)28-17-14-23(3)20-25(28)5/h13-21,37H,6-12H2,1-5H3. The topological polar surface area (TPSA) is 58.9 Å². The van der Waals surface area contributed by atoms with Crippen LogP contribution >= 0.6 is 0 Å². The quantitative estimate of drug-likeness (QED) is 0.224. The summed E-state index contributed by atoms with van der Waals surface area (Å²) in [6.07, 6.45) is 8.52. The molecule has 0 bridgehead atoms. The predicted octanol–water partition coefficient (Wildman–Crippen LogP) is 8.71. The molecular weight excluding hydrogens is 454 g/mol. The van der Waals surface area contributed by atoms with Crippen LogP contribution in [0.5, 0.6) is 5.75 Å². The first-order valence-corrected chi connectivity index (χ1v) is 13.6. The van der Waals surface area contributed by atoms with Crippen molar-refractivity contribution in [2.45, 2.75) is 79.6 Å². The van der Waals surface area contributed by atoms with Gasteiger partial charge in [-0.2, -0.15) is 0 Å². The third-order valence-corrected chi connectivity index (χ3v) is 7.00. The van der Waals surface area contributed by atoms with Crippen molar-refractivity contribution in [2.75, 3.05) is 0 Å². The van der Waals surface area contributed by atoms with Crippen LogP contribution in [0.1, 0.15) is 73.3 Å². The second kappa shape index (κ2) is 12.1. The third-order valence-electron chi connectivity index (χ3n) is 7.00. The minimum absolute atomic E-state index is 0.216. The number of aromatic nitrogens is 3. The molecule has 1 N–H and O–H groups in total. The Hall–Kier alpha value is -3.53. The number of hydrogen-bond acceptors (Lipinski definition) is 4. The summed E-state index contributed by atoms with van der Waals surface area (Å²) in [5, 5.41) is 11.0. The highest BCUT2D eigenvalue weighted by atomic mass is 16.3. The maximum atomic E-state index is 11.0. The molecule has 1 aromatic heterocycles. The molecule has 1 heterocycles. The van der Waals surface area contributed by atoms with Gasteiger partial charge in [0.2, 0.25) is 0 Å². The van der Waals surface area contributed by atoms with Gasteiger partial charge < -0.3 is 5.11 Å². The molecule has 0 aliphatic rings. The molecule has 0 fully saturated rings. The van der Waals surface area contributed by atoms with Crippen molar-refractivity contribution in [1.29, 1.82) is 0 Å². The summed E-state index contributed by atoms with van der Waals surface area (Å²) in [7, 11) is 0. The predicted molar refractivity (Wildman–Crippen MR) is 154 cm³/mol. The summed E-state index contributed by atoms with van der Waals surface area (Å²) in [4.78, 5) is 14.6. The number of rotatable bonds is 10. The molecule has 37 heavy (non-hydrogen) atoms. The van der Waals surface area contributed by atoms with Crippen LogP contribution in [0.2, 0.25) is 0 Å². The average molecular weight is 494 g/mol. The van der Waals surface area contributed by atoms with Crippen molar-refractivity contribution >= 4 is 0 Å². The number of hydrogen-bond donors (Lipinski definition) is 1. The van der Waals surface area contributed by atoms with Crippen LogP contribution in [-0.4, -0.2) is 20.1 Å². The van der Waals surface area contributed by atoms with E-state index in [-0.39, 0.29) is 5.75 Å². The van der Waals surface area contributed by atoms with Gasteiger partial charge in [-0.3, -0.25) is 0 Å². The Morgan fingerprint density at radius 1 is 0.568 bits per heavy atom. The molecule has 0 radical (unpaired) electrons. The Bertz CT molecular complexity index is 1310. The summed E-state index contributed by atoms with van der Waals surface area (Å²) in [5.41, 5.74) is 8.34. The third kappa shape index (κ3) is 6.62. The zero-order valence-electron chi connectivity index (χ0n) is 22.9. The van der Waals surface area contributed by atoms with Crippen molar-refractivity contribution in [3.05, 3.63) is 82.4 Å². The van der Waals surface area contributed by atoms with E-state index in [0.29, 0.717) is 23.0 Å². The summed E-state index contributed by atoms with van der Waals surface area (Å²) in [5.74, 6) is 1.94. The molecule has 0 atom stereocenters. The van der Waals surface area contributed by atoms with Gasteiger partial charge >= 0.3 is 0 Å². The summed E-state index contributed by atoms with van der Waals surface area (Å²) in [6.45, 7) is 10.6. The Morgan fingerprint density at radius 3 is 1.57 bits per heavy atom. The van der Waals surface area contributed by atoms with E-state index in [1.54, 1.807) is 0 Å². The van der Waals surface area contributed by atoms with E-state index in [2.05, 4.69) is 77.1 Å². The van der Waals surface area contributed by atoms with Gasteiger partial charge in [-0.15, -0.1) is 0 Å². The van der Waals surface area contributed by atoms with Crippen LogP contribution in [0.25, 0.3) is 34.2 Å². The second-order valence-corrected chi connectivity index (χ2v) is 10.3. The minimum atomic E-state index is 0.216. The molecule has 0 aliphatic carbocycles. The summed E-state index contributed by atoms with van der Waals surface area (Å²) in [6, 6.07) is 18.5. The maximum absolute atomic E-state index is 11.0. The molecule has 0 aliphatic heterocycles. The van der Waals surface area contributed by atoms with Crippen molar-refractivity contribution in [3.8, 4) is 39.9 Å². The lowest BCUT2D eigenvalue weighted by atomic mass is 10.0. The lowest BCUT2D eigenvalue weighted by molar-refractivity contribution is 0.476. The molecule has 4 nitrogen and oxygen atoms in total. The number of aryl methyl sites for hydroxylation is 5. The van der Waals surface area contributed by atoms with Crippen molar-refractivity contribution < 1.29 is 5.11 Å². The number of phenols is 1. The monoisotopic (exact) mass is 493 g/mol. The Balaban J connectivity index is 1.70. The van der Waals surface area contributed by atoms with E-state index in [1.807, 2.05) is 12.1 Å². The summed E-state index contributed by atoms with van der Waals surface area (Å²) < 4.78 is 0. The van der Waals surface area contributed by atoms with Gasteiger partial charge in [0, 0.05) is 11.1 Å². The largest absolute Gasteiger partial charge is 0.507 e. The lowest BCUT2D eigenvalue weighted by Crippen LogP contribution is -2.02. The van der Waals surface area contributed by atoms with E-state index in [0.717, 1.165) is 40.7 Å². The van der Waals surface area contributed by atoms with Crippen LogP contribution in [-0.2, 0) is 6.42 Å². The van der Waals surface area contributed by atoms with Gasteiger partial charge in [0.1, 0.15) is 5.75 Å². The highest BCUT2D eigenvalue weighted by Gasteiger charge is 2.17. The number of phenolic OH excluding ortho intramolecular Hbond substituents is 1. The second-order valence-electron chi connectivity index (χ2n) is 10.3. The fourth-order valence-corrected chi connectivity index (χ4v) is 4.90. The molecule has 3 aromatic carbocycles. The Labute approximate surface area is 221 Å². The fourth-order valence-electron chi connectivity index (χ4n) is 4.90. The van der Waals surface area contributed by atoms with Gasteiger partial charge in [-0.1, -0.05) is 92.6 Å². The zero-order chi connectivity index (χ0) is 26.4. The van der Waals surface area contributed by atoms with Crippen LogP contribution in [0.15, 0.2) is 54.6 Å². The molecule has 4 heteroatoms. The van der Waals surface area contributed by atoms with E-state index in [9.17, 15) is 5.11 Å². The summed E-state index contributed by atoms with van der Waals surface area (Å²) >= 11 is 0. The van der Waals surface area contributed by atoms with E-state index in [1.165, 1.54) is 43.2 Å². The molecule has 0 saturated carbocycles. The molecule has 4 rings (SSSR count). The van der Waals surface area contributed by atoms with Gasteiger partial charge in [-0.05, 0) is 69.4 Å². The smallest absolute Gasteiger partial charge is 0.167 e. The van der Waals surface area contributed by atoms with E-state index < -0.39 is 0 Å². The molecule has 0 saturated heterocycles. The molecule has 0 unspecified atom stereocenters. The van der Waals surface area contributed by atoms with Crippen molar-refractivity contribution in [1.82, 2.24) is 15.0 Å². The normalized spacial score (nSPS) is 11.2. The Morgan fingerprint density at radius 2 is 1.05 bits per heavy atom. The van der Waals surface area contributed by atoms with E-state index in [4.69, 9.17) is 15.0 Å². The highest BCUT2D eigenvalue weighted by molar-refractivity contribution is 5.72. The molecule has 4 aromatic rings. The van der Waals surface area contributed by atoms with Gasteiger partial charge in [-0.25, -0.2) is 15.0 Å². The van der Waals surface area contributed by atoms with Crippen LogP contribution in [0, 0.1) is 27.7 Å². The first-order chi connectivity index (χ1) is 17.9. The highest BCUT2D eigenvalue weighted by Crippen LogP contribution is 2.32. The van der Waals surface area contributed by atoms with Gasteiger partial charge in [0.15, 0.2) is 17.5 Å². The number of nitrogens with zero attached hydrogens (tertiary/aromatic N) is 3. The Kier molecular flexibility index (Phi) is 8.70. The van der Waals surface area contributed by atoms with E-state index >= 15 is 0 Å². The molecular formula is C33H39N3O. The fraction of sp³-hybridized carbons (Fsp3) is 0.364. The molecule has 192 valence electrons. The first-order valence-electron chi connectivity index (χ1n) is 13.6. The van der Waals surface area contributed by atoms with Gasteiger partial charge in [0.25, 0.3) is 0 Å². The number of benzene rings is 3. The maximum Gasteiger partial charge on any atom is 0.167 e. The zero-order valence-corrected chi connectivity index (χ0v) is 22.9. The van der Waals surface area contributed by atoms with Crippen LogP contribution in [0.4, 0.5) is 0 Å². The SMILES string of the molecule is CCCCCCCCc1ccc(-c2nc(-c3ccc(C)cc3C)nc(-c3ccc(C)cc3C)n2)c(O)c1. The average Bonchev–Trinajstić information content (AvgIpc) is 2.86. The van der Waals surface area contributed by atoms with Crippen LogP contribution in [0.3, 0.4) is 0 Å². The van der Waals surface area contributed by atoms with Crippen molar-refractivity contribution in [3.63, 3.8) is 0 Å². The minimum Gasteiger partial charge on any atom is -0.507 e. The molecule has 0 spiro atoms. The molecule has 0 amide bonds. The number of unbranched alkanes of at least 4 members (excludes halogenated alkanes) is 5. The van der Waals surface area contributed by atoms with Gasteiger partial charge in [0.05, 0.1) is 5.56 Å². The first kappa shape index (κ1) is 26.5. The lowest BCUT2D eigenvalue weighted by Gasteiger charge is -2.13. The van der Waals surface area contributed by atoms with Crippen molar-refractivity contribution in [2.24, 2.45) is 0 Å².